The molecular weight excluding hydrogens is 404 g/mol. The number of carbonyl (C=O) groups is 2. The minimum Gasteiger partial charge on any atom is -0.390 e. The first-order valence-corrected chi connectivity index (χ1v) is 11.1. The van der Waals surface area contributed by atoms with Crippen LogP contribution < -0.4 is 0 Å². The third-order valence-corrected chi connectivity index (χ3v) is 7.24. The van der Waals surface area contributed by atoms with E-state index >= 15 is 0 Å². The number of hydrogen-bond donors (Lipinski definition) is 1. The maximum Gasteiger partial charge on any atom is 0.253 e. The second kappa shape index (κ2) is 8.47. The van der Waals surface area contributed by atoms with Crippen LogP contribution in [0.1, 0.15) is 43.0 Å². The number of aliphatic hydroxyl groups is 1. The number of alkyl halides is 2. The van der Waals surface area contributed by atoms with Crippen LogP contribution in [0.2, 0.25) is 0 Å². The van der Waals surface area contributed by atoms with E-state index in [0.29, 0.717) is 38.0 Å². The Balaban J connectivity index is 1.34. The molecule has 4 rings (SSSR count). The van der Waals surface area contributed by atoms with Crippen molar-refractivity contribution in [2.75, 3.05) is 39.3 Å². The third kappa shape index (κ3) is 4.60. The molecule has 1 aromatic carbocycles. The van der Waals surface area contributed by atoms with Crippen molar-refractivity contribution < 1.29 is 23.5 Å². The lowest BCUT2D eigenvalue weighted by molar-refractivity contribution is -0.143. The average molecular weight is 436 g/mol. The van der Waals surface area contributed by atoms with Crippen LogP contribution in [0.3, 0.4) is 0 Å². The summed E-state index contributed by atoms with van der Waals surface area (Å²) in [6.45, 7) is 4.04. The summed E-state index contributed by atoms with van der Waals surface area (Å²) in [4.78, 5) is 31.4. The van der Waals surface area contributed by atoms with Crippen molar-refractivity contribution in [3.05, 3.63) is 35.9 Å². The number of halogens is 2. The summed E-state index contributed by atoms with van der Waals surface area (Å²) >= 11 is 0. The Morgan fingerprint density at radius 2 is 1.55 bits per heavy atom. The zero-order valence-electron chi connectivity index (χ0n) is 18.0. The topological polar surface area (TPSA) is 64.1 Å². The maximum absolute atomic E-state index is 13.5. The van der Waals surface area contributed by atoms with E-state index in [2.05, 4.69) is 0 Å². The van der Waals surface area contributed by atoms with Crippen molar-refractivity contribution in [2.24, 2.45) is 5.41 Å². The van der Waals surface area contributed by atoms with Crippen molar-refractivity contribution in [3.8, 4) is 0 Å². The van der Waals surface area contributed by atoms with Crippen LogP contribution in [-0.2, 0) is 4.79 Å². The van der Waals surface area contributed by atoms with E-state index < -0.39 is 17.4 Å². The predicted molar refractivity (Wildman–Crippen MR) is 112 cm³/mol. The number of likely N-dealkylation sites (tertiary alicyclic amines) is 3. The molecule has 1 aromatic rings. The van der Waals surface area contributed by atoms with E-state index in [1.165, 1.54) is 0 Å². The van der Waals surface area contributed by atoms with Gasteiger partial charge in [-0.3, -0.25) is 14.5 Å². The number of β-amino-alcohol motifs (C(OH)–C–C–N with tert-alkyl or cyclic N) is 1. The number of rotatable bonds is 3. The summed E-state index contributed by atoms with van der Waals surface area (Å²) in [5.41, 5.74) is 0.0619. The molecule has 170 valence electrons. The molecule has 3 aliphatic heterocycles. The molecule has 0 radical (unpaired) electrons. The van der Waals surface area contributed by atoms with Gasteiger partial charge in [-0.15, -0.1) is 0 Å². The molecule has 0 spiro atoms. The minimum atomic E-state index is -2.63. The number of hydrogen-bond acceptors (Lipinski definition) is 4. The summed E-state index contributed by atoms with van der Waals surface area (Å²) in [7, 11) is 0. The Hall–Kier alpha value is -2.06. The Morgan fingerprint density at radius 1 is 0.935 bits per heavy atom. The van der Waals surface area contributed by atoms with Gasteiger partial charge in [-0.2, -0.15) is 0 Å². The van der Waals surface area contributed by atoms with E-state index in [1.54, 1.807) is 21.9 Å². The van der Waals surface area contributed by atoms with Crippen molar-refractivity contribution in [1.29, 1.82) is 0 Å². The Bertz CT molecular complexity index is 802. The van der Waals surface area contributed by atoms with Gasteiger partial charge in [-0.25, -0.2) is 8.78 Å². The molecule has 0 unspecified atom stereocenters. The van der Waals surface area contributed by atoms with Gasteiger partial charge in [0.1, 0.15) is 0 Å². The number of benzene rings is 1. The van der Waals surface area contributed by atoms with Crippen LogP contribution in [0.5, 0.6) is 0 Å². The van der Waals surface area contributed by atoms with Gasteiger partial charge in [-0.1, -0.05) is 25.1 Å². The largest absolute Gasteiger partial charge is 0.390 e. The molecule has 3 aliphatic rings. The fraction of sp³-hybridized carbons (Fsp3) is 0.652. The van der Waals surface area contributed by atoms with E-state index in [-0.39, 0.29) is 50.3 Å². The SMILES string of the molecule is CC1(C(=O)N2C[C@H](O)[C@@H](N3CCC(F)(F)CC3)C2)CCN(C(=O)c2ccccc2)CC1. The quantitative estimate of drug-likeness (QED) is 0.791. The molecule has 31 heavy (non-hydrogen) atoms. The second-order valence-corrected chi connectivity index (χ2v) is 9.46. The molecule has 3 heterocycles. The number of aliphatic hydroxyl groups excluding tert-OH is 1. The van der Waals surface area contributed by atoms with Crippen molar-refractivity contribution in [2.45, 2.75) is 50.7 Å². The molecule has 0 saturated carbocycles. The van der Waals surface area contributed by atoms with Crippen LogP contribution >= 0.6 is 0 Å². The van der Waals surface area contributed by atoms with E-state index in [4.69, 9.17) is 0 Å². The van der Waals surface area contributed by atoms with Crippen molar-refractivity contribution >= 4 is 11.8 Å². The standard InChI is InChI=1S/C23H31F2N3O3/c1-22(7-11-27(12-8-22)20(30)17-5-3-2-4-6-17)21(31)28-15-18(19(29)16-28)26-13-9-23(24,25)10-14-26/h2-6,18-19,29H,7-16H2,1H3/t18-,19-/m0/s1. The minimum absolute atomic E-state index is 0.0109. The Labute approximate surface area is 181 Å². The molecule has 3 saturated heterocycles. The molecule has 0 aliphatic carbocycles. The zero-order chi connectivity index (χ0) is 22.2. The van der Waals surface area contributed by atoms with Gasteiger partial charge in [0.25, 0.3) is 11.8 Å². The summed E-state index contributed by atoms with van der Waals surface area (Å²) in [5, 5.41) is 10.5. The van der Waals surface area contributed by atoms with E-state index in [1.807, 2.05) is 30.0 Å². The van der Waals surface area contributed by atoms with Crippen LogP contribution in [0, 0.1) is 5.41 Å². The maximum atomic E-state index is 13.5. The molecule has 3 fully saturated rings. The molecule has 0 bridgehead atoms. The van der Waals surface area contributed by atoms with Gasteiger partial charge in [0.15, 0.2) is 0 Å². The van der Waals surface area contributed by atoms with Crippen LogP contribution in [0.25, 0.3) is 0 Å². The molecule has 0 aromatic heterocycles. The lowest BCUT2D eigenvalue weighted by Crippen LogP contribution is -2.51. The van der Waals surface area contributed by atoms with Crippen molar-refractivity contribution in [3.63, 3.8) is 0 Å². The first kappa shape index (κ1) is 22.1. The van der Waals surface area contributed by atoms with Crippen LogP contribution in [-0.4, -0.2) is 89.0 Å². The fourth-order valence-electron chi connectivity index (χ4n) is 5.04. The highest BCUT2D eigenvalue weighted by Gasteiger charge is 2.47. The molecule has 1 N–H and O–H groups in total. The monoisotopic (exact) mass is 435 g/mol. The highest BCUT2D eigenvalue weighted by atomic mass is 19.3. The van der Waals surface area contributed by atoms with Gasteiger partial charge < -0.3 is 14.9 Å². The van der Waals surface area contributed by atoms with Gasteiger partial charge in [0.05, 0.1) is 12.1 Å². The second-order valence-electron chi connectivity index (χ2n) is 9.46. The summed E-state index contributed by atoms with van der Waals surface area (Å²) in [5.74, 6) is -2.66. The lowest BCUT2D eigenvalue weighted by Gasteiger charge is -2.40. The summed E-state index contributed by atoms with van der Waals surface area (Å²) in [6, 6.07) is 8.85. The highest BCUT2D eigenvalue weighted by molar-refractivity contribution is 5.94. The number of carbonyl (C=O) groups excluding carboxylic acids is 2. The molecule has 2 atom stereocenters. The Kier molecular flexibility index (Phi) is 6.05. The zero-order valence-corrected chi connectivity index (χ0v) is 18.0. The number of amides is 2. The predicted octanol–water partition coefficient (Wildman–Crippen LogP) is 2.23. The van der Waals surface area contributed by atoms with Crippen LogP contribution in [0.4, 0.5) is 8.78 Å². The van der Waals surface area contributed by atoms with Gasteiger partial charge in [-0.05, 0) is 25.0 Å². The molecule has 2 amide bonds. The normalized spacial score (nSPS) is 28.5. The third-order valence-electron chi connectivity index (χ3n) is 7.24. The molecule has 8 heteroatoms. The molecular formula is C23H31F2N3O3. The number of nitrogens with zero attached hydrogens (tertiary/aromatic N) is 3. The van der Waals surface area contributed by atoms with Gasteiger partial charge in [0, 0.05) is 63.1 Å². The first-order chi connectivity index (χ1) is 14.7. The number of piperidine rings is 2. The van der Waals surface area contributed by atoms with E-state index in [9.17, 15) is 23.5 Å². The summed E-state index contributed by atoms with van der Waals surface area (Å²) in [6.07, 6.45) is 0.00855. The van der Waals surface area contributed by atoms with Crippen molar-refractivity contribution in [1.82, 2.24) is 14.7 Å². The average Bonchev–Trinajstić information content (AvgIpc) is 3.15. The molecule has 6 nitrogen and oxygen atoms in total. The highest BCUT2D eigenvalue weighted by Crippen LogP contribution is 2.36. The van der Waals surface area contributed by atoms with Gasteiger partial charge in [0.2, 0.25) is 5.91 Å². The lowest BCUT2D eigenvalue weighted by atomic mass is 9.79. The van der Waals surface area contributed by atoms with Gasteiger partial charge >= 0.3 is 0 Å². The van der Waals surface area contributed by atoms with Crippen LogP contribution in [0.15, 0.2) is 30.3 Å². The summed E-state index contributed by atoms with van der Waals surface area (Å²) < 4.78 is 27.0. The Morgan fingerprint density at radius 3 is 2.16 bits per heavy atom. The fourth-order valence-corrected chi connectivity index (χ4v) is 5.04. The first-order valence-electron chi connectivity index (χ1n) is 11.1. The van der Waals surface area contributed by atoms with E-state index in [0.717, 1.165) is 0 Å². The smallest absolute Gasteiger partial charge is 0.253 e.